The number of carbonyl (C=O) groups is 1. The molecule has 6 heteroatoms. The van der Waals surface area contributed by atoms with Gasteiger partial charge in [0, 0.05) is 5.56 Å². The van der Waals surface area contributed by atoms with Crippen molar-refractivity contribution in [3.63, 3.8) is 0 Å². The molecule has 128 valence electrons. The number of fused-ring (bicyclic) bond motifs is 1. The molecule has 0 spiro atoms. The fourth-order valence-corrected chi connectivity index (χ4v) is 2.88. The van der Waals surface area contributed by atoms with E-state index < -0.39 is 12.3 Å². The van der Waals surface area contributed by atoms with E-state index in [1.807, 2.05) is 19.9 Å². The summed E-state index contributed by atoms with van der Waals surface area (Å²) in [5.41, 5.74) is 2.19. The van der Waals surface area contributed by atoms with Gasteiger partial charge in [0.1, 0.15) is 17.5 Å². The average Bonchev–Trinajstić information content (AvgIpc) is 2.48. The third-order valence-corrected chi connectivity index (χ3v) is 4.46. The standard InChI is InChI=1S/C18H20FNO4/c1-9-5-14(23-12(4)17(21)20-7-13(19)8-20)16-10(2)11(3)18(22)24-15(16)6-9/h5-6,12-13H,7-8H2,1-4H3. The summed E-state index contributed by atoms with van der Waals surface area (Å²) in [6.45, 7) is 7.26. The maximum atomic E-state index is 12.9. The monoisotopic (exact) mass is 333 g/mol. The Balaban J connectivity index is 1.98. The molecule has 3 rings (SSSR count). The van der Waals surface area contributed by atoms with Gasteiger partial charge in [0.2, 0.25) is 0 Å². The van der Waals surface area contributed by atoms with Gasteiger partial charge in [-0.2, -0.15) is 0 Å². The first-order valence-corrected chi connectivity index (χ1v) is 7.92. The van der Waals surface area contributed by atoms with Crippen LogP contribution < -0.4 is 10.4 Å². The molecule has 1 aromatic carbocycles. The van der Waals surface area contributed by atoms with Gasteiger partial charge in [-0.1, -0.05) is 0 Å². The topological polar surface area (TPSA) is 59.8 Å². The molecule has 1 aliphatic rings. The second-order valence-corrected chi connectivity index (χ2v) is 6.38. The lowest BCUT2D eigenvalue weighted by molar-refractivity contribution is -0.145. The highest BCUT2D eigenvalue weighted by atomic mass is 19.1. The molecule has 0 aliphatic carbocycles. The van der Waals surface area contributed by atoms with Gasteiger partial charge in [-0.15, -0.1) is 0 Å². The first-order chi connectivity index (χ1) is 11.3. The minimum Gasteiger partial charge on any atom is -0.480 e. The molecule has 24 heavy (non-hydrogen) atoms. The van der Waals surface area contributed by atoms with Crippen LogP contribution in [0.25, 0.3) is 11.0 Å². The third kappa shape index (κ3) is 2.77. The third-order valence-electron chi connectivity index (χ3n) is 4.46. The van der Waals surface area contributed by atoms with Crippen LogP contribution in [0.1, 0.15) is 23.6 Å². The summed E-state index contributed by atoms with van der Waals surface area (Å²) in [7, 11) is 0. The fraction of sp³-hybridized carbons (Fsp3) is 0.444. The largest absolute Gasteiger partial charge is 0.480 e. The van der Waals surface area contributed by atoms with Gasteiger partial charge in [-0.3, -0.25) is 4.79 Å². The zero-order chi connectivity index (χ0) is 17.6. The minimum atomic E-state index is -0.944. The lowest BCUT2D eigenvalue weighted by Crippen LogP contribution is -2.55. The van der Waals surface area contributed by atoms with Crippen LogP contribution in [0, 0.1) is 20.8 Å². The molecule has 1 saturated heterocycles. The Morgan fingerprint density at radius 3 is 2.58 bits per heavy atom. The summed E-state index contributed by atoms with van der Waals surface area (Å²) >= 11 is 0. The zero-order valence-electron chi connectivity index (χ0n) is 14.2. The van der Waals surface area contributed by atoms with E-state index in [1.165, 1.54) is 4.90 Å². The van der Waals surface area contributed by atoms with E-state index in [9.17, 15) is 14.0 Å². The summed E-state index contributed by atoms with van der Waals surface area (Å²) < 4.78 is 24.2. The first-order valence-electron chi connectivity index (χ1n) is 7.92. The molecule has 0 saturated carbocycles. The van der Waals surface area contributed by atoms with Crippen molar-refractivity contribution >= 4 is 16.9 Å². The summed E-state index contributed by atoms with van der Waals surface area (Å²) in [5, 5.41) is 0.685. The molecule has 1 atom stereocenters. The quantitative estimate of drug-likeness (QED) is 0.810. The highest BCUT2D eigenvalue weighted by Crippen LogP contribution is 2.31. The normalized spacial score (nSPS) is 16.1. The minimum absolute atomic E-state index is 0.119. The molecular formula is C18H20FNO4. The van der Waals surface area contributed by atoms with Gasteiger partial charge in [0.15, 0.2) is 6.10 Å². The smallest absolute Gasteiger partial charge is 0.339 e. The number of amides is 1. The van der Waals surface area contributed by atoms with Crippen molar-refractivity contribution in [3.8, 4) is 5.75 Å². The molecule has 0 N–H and O–H groups in total. The van der Waals surface area contributed by atoms with Crippen LogP contribution in [0.15, 0.2) is 21.3 Å². The van der Waals surface area contributed by atoms with Crippen LogP contribution >= 0.6 is 0 Å². The van der Waals surface area contributed by atoms with Gasteiger partial charge in [-0.25, -0.2) is 9.18 Å². The first kappa shape index (κ1) is 16.5. The average molecular weight is 333 g/mol. The second-order valence-electron chi connectivity index (χ2n) is 6.38. The van der Waals surface area contributed by atoms with E-state index in [0.29, 0.717) is 22.3 Å². The Kier molecular flexibility index (Phi) is 4.07. The zero-order valence-corrected chi connectivity index (χ0v) is 14.2. The van der Waals surface area contributed by atoms with E-state index in [4.69, 9.17) is 9.15 Å². The molecular weight excluding hydrogens is 313 g/mol. The number of aryl methyl sites for hydroxylation is 2. The van der Waals surface area contributed by atoms with Crippen molar-refractivity contribution in [2.24, 2.45) is 0 Å². The number of rotatable bonds is 3. The molecule has 5 nitrogen and oxygen atoms in total. The van der Waals surface area contributed by atoms with Crippen molar-refractivity contribution in [1.29, 1.82) is 0 Å². The molecule has 1 aromatic heterocycles. The molecule has 1 aliphatic heterocycles. The summed E-state index contributed by atoms with van der Waals surface area (Å²) in [4.78, 5) is 25.6. The Morgan fingerprint density at radius 1 is 1.29 bits per heavy atom. The lowest BCUT2D eigenvalue weighted by Gasteiger charge is -2.36. The number of likely N-dealkylation sites (tertiary alicyclic amines) is 1. The number of ether oxygens (including phenoxy) is 1. The van der Waals surface area contributed by atoms with E-state index in [-0.39, 0.29) is 24.6 Å². The molecule has 1 amide bonds. The van der Waals surface area contributed by atoms with Crippen molar-refractivity contribution in [2.45, 2.75) is 40.0 Å². The molecule has 2 heterocycles. The molecule has 0 radical (unpaired) electrons. The Hall–Kier alpha value is -2.37. The summed E-state index contributed by atoms with van der Waals surface area (Å²) in [5.74, 6) is 0.248. The molecule has 0 bridgehead atoms. The number of hydrogen-bond acceptors (Lipinski definition) is 4. The number of carbonyl (C=O) groups excluding carboxylic acids is 1. The maximum Gasteiger partial charge on any atom is 0.339 e. The number of hydrogen-bond donors (Lipinski definition) is 0. The molecule has 1 fully saturated rings. The van der Waals surface area contributed by atoms with Gasteiger partial charge in [-0.05, 0) is 51.0 Å². The van der Waals surface area contributed by atoms with Gasteiger partial charge in [0.25, 0.3) is 5.91 Å². The Labute approximate surface area is 139 Å². The number of nitrogens with zero attached hydrogens (tertiary/aromatic N) is 1. The highest BCUT2D eigenvalue weighted by Gasteiger charge is 2.34. The summed E-state index contributed by atoms with van der Waals surface area (Å²) in [6, 6.07) is 3.58. The van der Waals surface area contributed by atoms with Crippen LogP contribution in [-0.2, 0) is 4.79 Å². The highest BCUT2D eigenvalue weighted by molar-refractivity contribution is 5.89. The Morgan fingerprint density at radius 2 is 1.96 bits per heavy atom. The van der Waals surface area contributed by atoms with Gasteiger partial charge < -0.3 is 14.1 Å². The molecule has 1 unspecified atom stereocenters. The number of benzene rings is 1. The number of halogens is 1. The SMILES string of the molecule is Cc1cc(OC(C)C(=O)N2CC(F)C2)c2c(C)c(C)c(=O)oc2c1. The van der Waals surface area contributed by atoms with E-state index in [0.717, 1.165) is 11.1 Å². The van der Waals surface area contributed by atoms with Crippen molar-refractivity contribution in [1.82, 2.24) is 4.90 Å². The maximum absolute atomic E-state index is 12.9. The number of alkyl halides is 1. The van der Waals surface area contributed by atoms with Crippen LogP contribution in [0.2, 0.25) is 0 Å². The predicted octanol–water partition coefficient (Wildman–Crippen LogP) is 2.67. The lowest BCUT2D eigenvalue weighted by atomic mass is 10.0. The van der Waals surface area contributed by atoms with Crippen LogP contribution in [0.4, 0.5) is 4.39 Å². The van der Waals surface area contributed by atoms with Crippen molar-refractivity contribution in [2.75, 3.05) is 13.1 Å². The van der Waals surface area contributed by atoms with Gasteiger partial charge >= 0.3 is 5.63 Å². The fourth-order valence-electron chi connectivity index (χ4n) is 2.88. The Bertz CT molecular complexity index is 867. The van der Waals surface area contributed by atoms with Crippen LogP contribution in [-0.4, -0.2) is 36.2 Å². The van der Waals surface area contributed by atoms with Crippen molar-refractivity contribution < 1.29 is 18.3 Å². The van der Waals surface area contributed by atoms with E-state index in [1.54, 1.807) is 19.9 Å². The van der Waals surface area contributed by atoms with Crippen molar-refractivity contribution in [3.05, 3.63) is 39.2 Å². The molecule has 2 aromatic rings. The van der Waals surface area contributed by atoms with E-state index >= 15 is 0 Å². The van der Waals surface area contributed by atoms with E-state index in [2.05, 4.69) is 0 Å². The van der Waals surface area contributed by atoms with Crippen LogP contribution in [0.3, 0.4) is 0 Å². The van der Waals surface area contributed by atoms with Gasteiger partial charge in [0.05, 0.1) is 18.5 Å². The second kappa shape index (κ2) is 5.92. The van der Waals surface area contributed by atoms with Crippen LogP contribution in [0.5, 0.6) is 5.75 Å². The summed E-state index contributed by atoms with van der Waals surface area (Å²) in [6.07, 6.45) is -1.69. The predicted molar refractivity (Wildman–Crippen MR) is 88.3 cm³/mol.